The molecular formula is C11H10O3. The standard InChI is InChI=1S/C11H10O3/c1-6-4-7-8(5-11(6)14)10(13)3-2-9(7)12/h2-5,12-14H,1H3. The van der Waals surface area contributed by atoms with Crippen LogP contribution in [0.5, 0.6) is 17.2 Å². The predicted octanol–water partition coefficient (Wildman–Crippen LogP) is 2.27. The smallest absolute Gasteiger partial charge is 0.123 e. The number of hydrogen-bond acceptors (Lipinski definition) is 3. The molecule has 0 aliphatic heterocycles. The largest absolute Gasteiger partial charge is 0.508 e. The van der Waals surface area contributed by atoms with Gasteiger partial charge < -0.3 is 15.3 Å². The summed E-state index contributed by atoms with van der Waals surface area (Å²) >= 11 is 0. The van der Waals surface area contributed by atoms with Crippen molar-refractivity contribution in [3.8, 4) is 17.2 Å². The molecule has 3 nitrogen and oxygen atoms in total. The number of benzene rings is 2. The second-order valence-electron chi connectivity index (χ2n) is 3.29. The molecule has 0 spiro atoms. The van der Waals surface area contributed by atoms with Gasteiger partial charge >= 0.3 is 0 Å². The molecule has 3 N–H and O–H groups in total. The molecule has 14 heavy (non-hydrogen) atoms. The summed E-state index contributed by atoms with van der Waals surface area (Å²) in [5.41, 5.74) is 0.665. The minimum atomic E-state index is 0.0492. The minimum Gasteiger partial charge on any atom is -0.508 e. The first kappa shape index (κ1) is 8.69. The Morgan fingerprint density at radius 2 is 1.29 bits per heavy atom. The van der Waals surface area contributed by atoms with Crippen molar-refractivity contribution in [3.05, 3.63) is 29.8 Å². The van der Waals surface area contributed by atoms with Crippen molar-refractivity contribution in [2.45, 2.75) is 6.92 Å². The van der Waals surface area contributed by atoms with Gasteiger partial charge in [-0.25, -0.2) is 0 Å². The molecule has 0 aromatic heterocycles. The number of aryl methyl sites for hydroxylation is 1. The third kappa shape index (κ3) is 1.14. The van der Waals surface area contributed by atoms with Crippen molar-refractivity contribution >= 4 is 10.8 Å². The maximum atomic E-state index is 9.52. The van der Waals surface area contributed by atoms with E-state index in [0.717, 1.165) is 0 Å². The van der Waals surface area contributed by atoms with E-state index in [9.17, 15) is 15.3 Å². The zero-order chi connectivity index (χ0) is 10.3. The van der Waals surface area contributed by atoms with Gasteiger partial charge in [0.2, 0.25) is 0 Å². The van der Waals surface area contributed by atoms with Crippen LogP contribution in [0.1, 0.15) is 5.56 Å². The van der Waals surface area contributed by atoms with Crippen molar-refractivity contribution in [2.75, 3.05) is 0 Å². The molecular weight excluding hydrogens is 180 g/mol. The Balaban J connectivity index is 2.94. The highest BCUT2D eigenvalue weighted by Crippen LogP contribution is 2.35. The molecule has 2 aromatic rings. The van der Waals surface area contributed by atoms with E-state index in [2.05, 4.69) is 0 Å². The summed E-state index contributed by atoms with van der Waals surface area (Å²) in [6.45, 7) is 1.73. The lowest BCUT2D eigenvalue weighted by Crippen LogP contribution is -1.79. The van der Waals surface area contributed by atoms with Crippen LogP contribution < -0.4 is 0 Å². The molecule has 0 atom stereocenters. The van der Waals surface area contributed by atoms with Gasteiger partial charge in [0.25, 0.3) is 0 Å². The van der Waals surface area contributed by atoms with E-state index in [1.807, 2.05) is 0 Å². The van der Waals surface area contributed by atoms with Crippen molar-refractivity contribution in [2.24, 2.45) is 0 Å². The van der Waals surface area contributed by atoms with Crippen molar-refractivity contribution in [3.63, 3.8) is 0 Å². The highest BCUT2D eigenvalue weighted by Gasteiger charge is 2.07. The number of hydrogen-bond donors (Lipinski definition) is 3. The van der Waals surface area contributed by atoms with Gasteiger partial charge in [-0.05, 0) is 36.8 Å². The predicted molar refractivity (Wildman–Crippen MR) is 53.7 cm³/mol. The van der Waals surface area contributed by atoms with Crippen LogP contribution in [0.15, 0.2) is 24.3 Å². The van der Waals surface area contributed by atoms with Gasteiger partial charge in [-0.15, -0.1) is 0 Å². The monoisotopic (exact) mass is 190 g/mol. The maximum absolute atomic E-state index is 9.52. The van der Waals surface area contributed by atoms with Gasteiger partial charge in [0, 0.05) is 10.8 Å². The molecule has 0 saturated carbocycles. The Morgan fingerprint density at radius 3 is 1.86 bits per heavy atom. The van der Waals surface area contributed by atoms with E-state index in [1.165, 1.54) is 18.2 Å². The van der Waals surface area contributed by atoms with Crippen LogP contribution in [0.4, 0.5) is 0 Å². The van der Waals surface area contributed by atoms with Gasteiger partial charge in [0.1, 0.15) is 17.2 Å². The van der Waals surface area contributed by atoms with Crippen LogP contribution in [-0.4, -0.2) is 15.3 Å². The molecule has 0 bridgehead atoms. The first-order valence-electron chi connectivity index (χ1n) is 4.24. The van der Waals surface area contributed by atoms with E-state index in [0.29, 0.717) is 16.3 Å². The molecule has 0 radical (unpaired) electrons. The second kappa shape index (κ2) is 2.80. The van der Waals surface area contributed by atoms with Crippen LogP contribution in [0, 0.1) is 6.92 Å². The van der Waals surface area contributed by atoms with E-state index < -0.39 is 0 Å². The molecule has 0 saturated heterocycles. The summed E-state index contributed by atoms with van der Waals surface area (Å²) in [4.78, 5) is 0. The summed E-state index contributed by atoms with van der Waals surface area (Å²) in [5, 5.41) is 29.4. The zero-order valence-corrected chi connectivity index (χ0v) is 7.65. The Hall–Kier alpha value is -1.90. The van der Waals surface area contributed by atoms with Crippen molar-refractivity contribution in [1.29, 1.82) is 0 Å². The van der Waals surface area contributed by atoms with Gasteiger partial charge in [-0.3, -0.25) is 0 Å². The van der Waals surface area contributed by atoms with E-state index in [1.54, 1.807) is 13.0 Å². The zero-order valence-electron chi connectivity index (χ0n) is 7.65. The number of phenols is 3. The average Bonchev–Trinajstić information content (AvgIpc) is 2.15. The quantitative estimate of drug-likeness (QED) is 0.558. The van der Waals surface area contributed by atoms with Gasteiger partial charge in [-0.2, -0.15) is 0 Å². The molecule has 0 amide bonds. The Labute approximate surface area is 80.9 Å². The fraction of sp³-hybridized carbons (Fsp3) is 0.0909. The van der Waals surface area contributed by atoms with Crippen LogP contribution >= 0.6 is 0 Å². The van der Waals surface area contributed by atoms with Crippen LogP contribution in [-0.2, 0) is 0 Å². The summed E-state index contributed by atoms with van der Waals surface area (Å²) in [6.07, 6.45) is 0. The Kier molecular flexibility index (Phi) is 1.74. The highest BCUT2D eigenvalue weighted by molar-refractivity contribution is 5.94. The second-order valence-corrected chi connectivity index (χ2v) is 3.29. The van der Waals surface area contributed by atoms with Crippen molar-refractivity contribution in [1.82, 2.24) is 0 Å². The molecule has 0 fully saturated rings. The van der Waals surface area contributed by atoms with Gasteiger partial charge in [-0.1, -0.05) is 0 Å². The van der Waals surface area contributed by atoms with E-state index >= 15 is 0 Å². The topological polar surface area (TPSA) is 60.7 Å². The highest BCUT2D eigenvalue weighted by atomic mass is 16.3. The summed E-state index contributed by atoms with van der Waals surface area (Å²) in [6, 6.07) is 5.90. The molecule has 3 heteroatoms. The Bertz CT molecular complexity index is 457. The number of phenolic OH excluding ortho intramolecular Hbond substituents is 3. The Morgan fingerprint density at radius 1 is 0.786 bits per heavy atom. The molecule has 72 valence electrons. The van der Waals surface area contributed by atoms with Gasteiger partial charge in [0.15, 0.2) is 0 Å². The summed E-state index contributed by atoms with van der Waals surface area (Å²) in [7, 11) is 0. The first-order valence-corrected chi connectivity index (χ1v) is 4.24. The third-order valence-corrected chi connectivity index (χ3v) is 2.29. The number of aromatic hydroxyl groups is 3. The van der Waals surface area contributed by atoms with Crippen LogP contribution in [0.25, 0.3) is 10.8 Å². The van der Waals surface area contributed by atoms with Crippen LogP contribution in [0.2, 0.25) is 0 Å². The van der Waals surface area contributed by atoms with E-state index in [-0.39, 0.29) is 17.2 Å². The van der Waals surface area contributed by atoms with Crippen molar-refractivity contribution < 1.29 is 15.3 Å². The molecule has 0 aliphatic carbocycles. The number of rotatable bonds is 0. The fourth-order valence-electron chi connectivity index (χ4n) is 1.46. The fourth-order valence-corrected chi connectivity index (χ4v) is 1.46. The lowest BCUT2D eigenvalue weighted by Gasteiger charge is -2.06. The molecule has 0 unspecified atom stereocenters. The number of fused-ring (bicyclic) bond motifs is 1. The minimum absolute atomic E-state index is 0.0492. The lowest BCUT2D eigenvalue weighted by atomic mass is 10.1. The normalized spacial score (nSPS) is 10.6. The molecule has 2 aromatic carbocycles. The molecule has 2 rings (SSSR count). The lowest BCUT2D eigenvalue weighted by molar-refractivity contribution is 0.464. The third-order valence-electron chi connectivity index (χ3n) is 2.29. The van der Waals surface area contributed by atoms with Gasteiger partial charge in [0.05, 0.1) is 0 Å². The maximum Gasteiger partial charge on any atom is 0.123 e. The van der Waals surface area contributed by atoms with E-state index in [4.69, 9.17) is 0 Å². The first-order chi connectivity index (χ1) is 6.59. The molecule has 0 aliphatic rings. The van der Waals surface area contributed by atoms with Crippen LogP contribution in [0.3, 0.4) is 0 Å². The average molecular weight is 190 g/mol. The summed E-state index contributed by atoms with van der Waals surface area (Å²) in [5.74, 6) is 0.257. The summed E-state index contributed by atoms with van der Waals surface area (Å²) < 4.78 is 0. The molecule has 0 heterocycles. The SMILES string of the molecule is Cc1cc2c(O)ccc(O)c2cc1O.